The van der Waals surface area contributed by atoms with E-state index in [2.05, 4.69) is 52.8 Å². The first-order valence-electron chi connectivity index (χ1n) is 6.62. The zero-order chi connectivity index (χ0) is 12.6. The third kappa shape index (κ3) is 1.76. The molecular formula is C17H22. The highest BCUT2D eigenvalue weighted by atomic mass is 14.2. The Morgan fingerprint density at radius 3 is 2.12 bits per heavy atom. The van der Waals surface area contributed by atoms with E-state index in [0.29, 0.717) is 0 Å². The predicted molar refractivity (Wildman–Crippen MR) is 76.9 cm³/mol. The quantitative estimate of drug-likeness (QED) is 0.684. The fraction of sp³-hybridized carbons (Fsp3) is 0.412. The van der Waals surface area contributed by atoms with Gasteiger partial charge in [-0.05, 0) is 72.2 Å². The second-order valence-corrected chi connectivity index (χ2v) is 4.90. The van der Waals surface area contributed by atoms with Gasteiger partial charge in [-0.3, -0.25) is 0 Å². The van der Waals surface area contributed by atoms with Gasteiger partial charge in [0.25, 0.3) is 0 Å². The fourth-order valence-electron chi connectivity index (χ4n) is 2.90. The van der Waals surface area contributed by atoms with Crippen LogP contribution in [0.1, 0.15) is 41.7 Å². The minimum absolute atomic E-state index is 1.12. The molecule has 0 saturated carbocycles. The first-order chi connectivity index (χ1) is 8.11. The Bertz CT molecular complexity index is 562. The van der Waals surface area contributed by atoms with Gasteiger partial charge in [-0.1, -0.05) is 32.0 Å². The van der Waals surface area contributed by atoms with Gasteiger partial charge in [-0.15, -0.1) is 0 Å². The van der Waals surface area contributed by atoms with Crippen molar-refractivity contribution in [2.45, 2.75) is 47.5 Å². The van der Waals surface area contributed by atoms with Gasteiger partial charge < -0.3 is 0 Å². The highest BCUT2D eigenvalue weighted by Gasteiger charge is 2.12. The van der Waals surface area contributed by atoms with Crippen LogP contribution in [0.15, 0.2) is 18.2 Å². The van der Waals surface area contributed by atoms with Gasteiger partial charge in [0.05, 0.1) is 0 Å². The molecular weight excluding hydrogens is 204 g/mol. The average molecular weight is 226 g/mol. The maximum absolute atomic E-state index is 2.27. The molecule has 2 rings (SSSR count). The normalized spacial score (nSPS) is 11.1. The molecule has 0 atom stereocenters. The fourth-order valence-corrected chi connectivity index (χ4v) is 2.90. The molecule has 0 aliphatic carbocycles. The van der Waals surface area contributed by atoms with Crippen LogP contribution in [-0.4, -0.2) is 0 Å². The summed E-state index contributed by atoms with van der Waals surface area (Å²) in [4.78, 5) is 0. The van der Waals surface area contributed by atoms with E-state index < -0.39 is 0 Å². The summed E-state index contributed by atoms with van der Waals surface area (Å²) >= 11 is 0. The summed E-state index contributed by atoms with van der Waals surface area (Å²) in [7, 11) is 0. The standard InChI is InChI=1S/C17H22/c1-6-14-9-8-10-16-13(5)11(3)12(4)15(7-2)17(14)16/h8-10H,6-7H2,1-5H3. The van der Waals surface area contributed by atoms with Crippen molar-refractivity contribution in [3.8, 4) is 0 Å². The summed E-state index contributed by atoms with van der Waals surface area (Å²) in [5, 5.41) is 2.96. The lowest BCUT2D eigenvalue weighted by Gasteiger charge is -2.18. The molecule has 0 aliphatic rings. The largest absolute Gasteiger partial charge is 0.0613 e. The van der Waals surface area contributed by atoms with Gasteiger partial charge in [0.1, 0.15) is 0 Å². The van der Waals surface area contributed by atoms with E-state index in [1.54, 1.807) is 5.56 Å². The van der Waals surface area contributed by atoms with Crippen molar-refractivity contribution in [1.29, 1.82) is 0 Å². The highest BCUT2D eigenvalue weighted by molar-refractivity contribution is 5.93. The van der Waals surface area contributed by atoms with Crippen LogP contribution in [0.5, 0.6) is 0 Å². The van der Waals surface area contributed by atoms with Crippen LogP contribution < -0.4 is 0 Å². The molecule has 0 fully saturated rings. The molecule has 0 saturated heterocycles. The minimum atomic E-state index is 1.12. The van der Waals surface area contributed by atoms with E-state index in [1.807, 2.05) is 0 Å². The second-order valence-electron chi connectivity index (χ2n) is 4.90. The number of benzene rings is 2. The predicted octanol–water partition coefficient (Wildman–Crippen LogP) is 4.89. The van der Waals surface area contributed by atoms with Crippen molar-refractivity contribution in [3.63, 3.8) is 0 Å². The van der Waals surface area contributed by atoms with Crippen molar-refractivity contribution < 1.29 is 0 Å². The molecule has 0 bridgehead atoms. The van der Waals surface area contributed by atoms with Crippen LogP contribution in [0.2, 0.25) is 0 Å². The molecule has 17 heavy (non-hydrogen) atoms. The molecule has 0 unspecified atom stereocenters. The number of hydrogen-bond donors (Lipinski definition) is 0. The Morgan fingerprint density at radius 1 is 0.824 bits per heavy atom. The Labute approximate surface area is 105 Å². The first kappa shape index (κ1) is 12.2. The smallest absolute Gasteiger partial charge is 0.0115 e. The van der Waals surface area contributed by atoms with Crippen LogP contribution in [0.3, 0.4) is 0 Å². The van der Waals surface area contributed by atoms with Crippen LogP contribution in [0.4, 0.5) is 0 Å². The zero-order valence-corrected chi connectivity index (χ0v) is 11.6. The van der Waals surface area contributed by atoms with Crippen LogP contribution in [-0.2, 0) is 12.8 Å². The van der Waals surface area contributed by atoms with Crippen molar-refractivity contribution >= 4 is 10.8 Å². The summed E-state index contributed by atoms with van der Waals surface area (Å²) in [6, 6.07) is 6.74. The monoisotopic (exact) mass is 226 g/mol. The summed E-state index contributed by atoms with van der Waals surface area (Å²) in [6.45, 7) is 11.3. The van der Waals surface area contributed by atoms with E-state index in [0.717, 1.165) is 12.8 Å². The Kier molecular flexibility index (Phi) is 3.24. The molecule has 0 heterocycles. The van der Waals surface area contributed by atoms with Gasteiger partial charge in [0.15, 0.2) is 0 Å². The van der Waals surface area contributed by atoms with Crippen LogP contribution in [0.25, 0.3) is 10.8 Å². The van der Waals surface area contributed by atoms with E-state index in [1.165, 1.54) is 33.0 Å². The number of rotatable bonds is 2. The first-order valence-corrected chi connectivity index (χ1v) is 6.62. The van der Waals surface area contributed by atoms with Crippen molar-refractivity contribution in [2.75, 3.05) is 0 Å². The molecule has 0 radical (unpaired) electrons. The molecule has 0 nitrogen and oxygen atoms in total. The van der Waals surface area contributed by atoms with Gasteiger partial charge in [0, 0.05) is 0 Å². The summed E-state index contributed by atoms with van der Waals surface area (Å²) in [5.74, 6) is 0. The van der Waals surface area contributed by atoms with Gasteiger partial charge in [-0.25, -0.2) is 0 Å². The molecule has 90 valence electrons. The van der Waals surface area contributed by atoms with Crippen molar-refractivity contribution in [1.82, 2.24) is 0 Å². The van der Waals surface area contributed by atoms with Crippen molar-refractivity contribution in [2.24, 2.45) is 0 Å². The number of hydrogen-bond acceptors (Lipinski definition) is 0. The Morgan fingerprint density at radius 2 is 1.53 bits per heavy atom. The van der Waals surface area contributed by atoms with Gasteiger partial charge in [-0.2, -0.15) is 0 Å². The van der Waals surface area contributed by atoms with E-state index in [4.69, 9.17) is 0 Å². The molecule has 0 spiro atoms. The molecule has 0 N–H and O–H groups in total. The molecule has 0 heteroatoms. The lowest BCUT2D eigenvalue weighted by atomic mass is 9.87. The lowest BCUT2D eigenvalue weighted by molar-refractivity contribution is 1.09. The molecule has 2 aromatic rings. The van der Waals surface area contributed by atoms with Crippen LogP contribution in [0, 0.1) is 20.8 Å². The minimum Gasteiger partial charge on any atom is -0.0613 e. The third-order valence-electron chi connectivity index (χ3n) is 4.17. The maximum atomic E-state index is 2.27. The van der Waals surface area contributed by atoms with E-state index in [-0.39, 0.29) is 0 Å². The third-order valence-corrected chi connectivity index (χ3v) is 4.17. The van der Waals surface area contributed by atoms with Crippen LogP contribution >= 0.6 is 0 Å². The Balaban J connectivity index is 3.01. The Hall–Kier alpha value is -1.30. The average Bonchev–Trinajstić information content (AvgIpc) is 2.36. The van der Waals surface area contributed by atoms with E-state index >= 15 is 0 Å². The molecule has 0 amide bonds. The summed E-state index contributed by atoms with van der Waals surface area (Å²) in [5.41, 5.74) is 7.43. The highest BCUT2D eigenvalue weighted by Crippen LogP contribution is 2.32. The number of fused-ring (bicyclic) bond motifs is 1. The van der Waals surface area contributed by atoms with Crippen molar-refractivity contribution in [3.05, 3.63) is 46.0 Å². The summed E-state index contributed by atoms with van der Waals surface area (Å²) in [6.07, 6.45) is 2.24. The van der Waals surface area contributed by atoms with Gasteiger partial charge >= 0.3 is 0 Å². The van der Waals surface area contributed by atoms with E-state index in [9.17, 15) is 0 Å². The number of aryl methyl sites for hydroxylation is 3. The zero-order valence-electron chi connectivity index (χ0n) is 11.6. The molecule has 0 aromatic heterocycles. The lowest BCUT2D eigenvalue weighted by Crippen LogP contribution is -1.99. The SMILES string of the molecule is CCc1cccc2c(C)c(C)c(C)c(CC)c12. The topological polar surface area (TPSA) is 0 Å². The molecule has 2 aromatic carbocycles. The van der Waals surface area contributed by atoms with Gasteiger partial charge in [0.2, 0.25) is 0 Å². The maximum Gasteiger partial charge on any atom is -0.0115 e. The summed E-state index contributed by atoms with van der Waals surface area (Å²) < 4.78 is 0. The molecule has 0 aliphatic heterocycles. The second kappa shape index (κ2) is 4.52.